The van der Waals surface area contributed by atoms with Crippen LogP contribution in [0.1, 0.15) is 16.8 Å². The van der Waals surface area contributed by atoms with Crippen LogP contribution in [0.15, 0.2) is 24.3 Å². The van der Waals surface area contributed by atoms with Gasteiger partial charge in [-0.15, -0.1) is 0 Å². The standard InChI is InChI=1S/C16H20N2O5/c1-22-7-6-17-15(20)12-9-14(19)18(10-12)13-5-3-4-11(8-13)16(21)23-2/h3-5,8,12H,6-7,9-10H2,1-2H3,(H,17,20). The Hall–Kier alpha value is -2.41. The molecule has 1 aliphatic heterocycles. The first-order valence-electron chi connectivity index (χ1n) is 7.32. The first-order valence-corrected chi connectivity index (χ1v) is 7.32. The van der Waals surface area contributed by atoms with Crippen LogP contribution in [0, 0.1) is 5.92 Å². The Bertz CT molecular complexity index is 602. The lowest BCUT2D eigenvalue weighted by molar-refractivity contribution is -0.126. The highest BCUT2D eigenvalue weighted by molar-refractivity contribution is 6.01. The van der Waals surface area contributed by atoms with E-state index >= 15 is 0 Å². The highest BCUT2D eigenvalue weighted by atomic mass is 16.5. The maximum Gasteiger partial charge on any atom is 0.337 e. The Labute approximate surface area is 134 Å². The van der Waals surface area contributed by atoms with E-state index in [0.29, 0.717) is 30.9 Å². The minimum Gasteiger partial charge on any atom is -0.465 e. The highest BCUT2D eigenvalue weighted by Crippen LogP contribution is 2.26. The van der Waals surface area contributed by atoms with Crippen LogP contribution in [-0.2, 0) is 19.1 Å². The summed E-state index contributed by atoms with van der Waals surface area (Å²) in [6.45, 7) is 1.14. The van der Waals surface area contributed by atoms with Crippen LogP contribution in [0.2, 0.25) is 0 Å². The minimum atomic E-state index is -0.465. The Morgan fingerprint density at radius 3 is 2.83 bits per heavy atom. The molecule has 0 bridgehead atoms. The third-order valence-electron chi connectivity index (χ3n) is 3.68. The third kappa shape index (κ3) is 4.07. The van der Waals surface area contributed by atoms with Crippen molar-refractivity contribution in [2.24, 2.45) is 5.92 Å². The molecule has 0 aromatic heterocycles. The number of amides is 2. The molecule has 2 rings (SSSR count). The number of carbonyl (C=O) groups is 3. The van der Waals surface area contributed by atoms with Crippen LogP contribution in [0.25, 0.3) is 0 Å². The van der Waals surface area contributed by atoms with Crippen molar-refractivity contribution in [2.45, 2.75) is 6.42 Å². The van der Waals surface area contributed by atoms with Crippen LogP contribution < -0.4 is 10.2 Å². The van der Waals surface area contributed by atoms with Crippen molar-refractivity contribution < 1.29 is 23.9 Å². The Kier molecular flexibility index (Phi) is 5.70. The molecule has 124 valence electrons. The summed E-state index contributed by atoms with van der Waals surface area (Å²) >= 11 is 0. The molecule has 2 amide bonds. The summed E-state index contributed by atoms with van der Waals surface area (Å²) in [4.78, 5) is 37.3. The maximum absolute atomic E-state index is 12.2. The summed E-state index contributed by atoms with van der Waals surface area (Å²) < 4.78 is 9.55. The minimum absolute atomic E-state index is 0.140. The number of rotatable bonds is 6. The van der Waals surface area contributed by atoms with Gasteiger partial charge in [-0.2, -0.15) is 0 Å². The summed E-state index contributed by atoms with van der Waals surface area (Å²) in [7, 11) is 2.86. The van der Waals surface area contributed by atoms with E-state index in [-0.39, 0.29) is 18.2 Å². The fraction of sp³-hybridized carbons (Fsp3) is 0.438. The van der Waals surface area contributed by atoms with E-state index in [4.69, 9.17) is 4.74 Å². The monoisotopic (exact) mass is 320 g/mol. The lowest BCUT2D eigenvalue weighted by Gasteiger charge is -2.17. The fourth-order valence-electron chi connectivity index (χ4n) is 2.47. The Balaban J connectivity index is 2.05. The van der Waals surface area contributed by atoms with Crippen molar-refractivity contribution in [2.75, 3.05) is 38.8 Å². The van der Waals surface area contributed by atoms with E-state index in [1.54, 1.807) is 31.4 Å². The molecule has 1 atom stereocenters. The second-order valence-electron chi connectivity index (χ2n) is 5.23. The molecular weight excluding hydrogens is 300 g/mol. The van der Waals surface area contributed by atoms with E-state index in [2.05, 4.69) is 10.1 Å². The van der Waals surface area contributed by atoms with Gasteiger partial charge < -0.3 is 19.7 Å². The molecule has 1 unspecified atom stereocenters. The number of anilines is 1. The van der Waals surface area contributed by atoms with Crippen LogP contribution in [0.3, 0.4) is 0 Å². The van der Waals surface area contributed by atoms with Gasteiger partial charge in [-0.25, -0.2) is 4.79 Å². The second-order valence-corrected chi connectivity index (χ2v) is 5.23. The molecule has 0 aliphatic carbocycles. The summed E-state index contributed by atoms with van der Waals surface area (Å²) in [5.74, 6) is -1.17. The summed E-state index contributed by atoms with van der Waals surface area (Å²) in [5.41, 5.74) is 0.955. The summed E-state index contributed by atoms with van der Waals surface area (Å²) in [5, 5.41) is 2.74. The van der Waals surface area contributed by atoms with Crippen molar-refractivity contribution in [1.82, 2.24) is 5.32 Å². The average molecular weight is 320 g/mol. The number of ether oxygens (including phenoxy) is 2. The predicted octanol–water partition coefficient (Wildman–Crippen LogP) is 0.589. The van der Waals surface area contributed by atoms with Gasteiger partial charge in [-0.3, -0.25) is 9.59 Å². The van der Waals surface area contributed by atoms with E-state index in [0.717, 1.165) is 0 Å². The van der Waals surface area contributed by atoms with Crippen LogP contribution >= 0.6 is 0 Å². The smallest absolute Gasteiger partial charge is 0.337 e. The molecule has 1 N–H and O–H groups in total. The lowest BCUT2D eigenvalue weighted by Crippen LogP contribution is -2.34. The van der Waals surface area contributed by atoms with Gasteiger partial charge in [0.1, 0.15) is 0 Å². The number of methoxy groups -OCH3 is 2. The molecule has 1 heterocycles. The molecule has 7 nitrogen and oxygen atoms in total. The Morgan fingerprint density at radius 2 is 2.13 bits per heavy atom. The lowest BCUT2D eigenvalue weighted by atomic mass is 10.1. The van der Waals surface area contributed by atoms with E-state index in [1.165, 1.54) is 12.0 Å². The first kappa shape index (κ1) is 17.0. The summed E-state index contributed by atoms with van der Waals surface area (Å²) in [6.07, 6.45) is 0.154. The molecule has 0 radical (unpaired) electrons. The quantitative estimate of drug-likeness (QED) is 0.612. The molecule has 1 aromatic carbocycles. The van der Waals surface area contributed by atoms with Crippen molar-refractivity contribution in [1.29, 1.82) is 0 Å². The van der Waals surface area contributed by atoms with Crippen LogP contribution in [0.5, 0.6) is 0 Å². The molecule has 1 saturated heterocycles. The van der Waals surface area contributed by atoms with Crippen molar-refractivity contribution in [3.8, 4) is 0 Å². The zero-order valence-corrected chi connectivity index (χ0v) is 13.2. The third-order valence-corrected chi connectivity index (χ3v) is 3.68. The SMILES string of the molecule is COCCNC(=O)C1CC(=O)N(c2cccc(C(=O)OC)c2)C1. The van der Waals surface area contributed by atoms with Gasteiger partial charge in [-0.05, 0) is 18.2 Å². The number of nitrogens with zero attached hydrogens (tertiary/aromatic N) is 1. The largest absolute Gasteiger partial charge is 0.465 e. The van der Waals surface area contributed by atoms with Gasteiger partial charge in [0.05, 0.1) is 25.2 Å². The zero-order valence-electron chi connectivity index (χ0n) is 13.2. The maximum atomic E-state index is 12.2. The number of hydrogen-bond acceptors (Lipinski definition) is 5. The molecule has 1 fully saturated rings. The number of carbonyl (C=O) groups excluding carboxylic acids is 3. The molecular formula is C16H20N2O5. The molecule has 1 aliphatic rings. The van der Waals surface area contributed by atoms with Crippen molar-refractivity contribution >= 4 is 23.5 Å². The number of benzene rings is 1. The van der Waals surface area contributed by atoms with Crippen molar-refractivity contribution in [3.05, 3.63) is 29.8 Å². The van der Waals surface area contributed by atoms with Gasteiger partial charge in [0.25, 0.3) is 0 Å². The zero-order chi connectivity index (χ0) is 16.8. The highest BCUT2D eigenvalue weighted by Gasteiger charge is 2.35. The topological polar surface area (TPSA) is 84.9 Å². The molecule has 7 heteroatoms. The van der Waals surface area contributed by atoms with Gasteiger partial charge in [0.2, 0.25) is 11.8 Å². The predicted molar refractivity (Wildman–Crippen MR) is 83.1 cm³/mol. The Morgan fingerprint density at radius 1 is 1.35 bits per heavy atom. The van der Waals surface area contributed by atoms with Gasteiger partial charge in [0.15, 0.2) is 0 Å². The van der Waals surface area contributed by atoms with Crippen LogP contribution in [0.4, 0.5) is 5.69 Å². The molecule has 1 aromatic rings. The molecule has 23 heavy (non-hydrogen) atoms. The van der Waals surface area contributed by atoms with Gasteiger partial charge >= 0.3 is 5.97 Å². The molecule has 0 spiro atoms. The number of esters is 1. The second kappa shape index (κ2) is 7.73. The first-order chi connectivity index (χ1) is 11.1. The van der Waals surface area contributed by atoms with Crippen molar-refractivity contribution in [3.63, 3.8) is 0 Å². The summed E-state index contributed by atoms with van der Waals surface area (Å²) in [6, 6.07) is 6.62. The fourth-order valence-corrected chi connectivity index (χ4v) is 2.47. The van der Waals surface area contributed by atoms with E-state index in [1.807, 2.05) is 0 Å². The van der Waals surface area contributed by atoms with Gasteiger partial charge in [-0.1, -0.05) is 6.07 Å². The molecule has 0 saturated carbocycles. The van der Waals surface area contributed by atoms with Crippen LogP contribution in [-0.4, -0.2) is 51.7 Å². The van der Waals surface area contributed by atoms with E-state index in [9.17, 15) is 14.4 Å². The van der Waals surface area contributed by atoms with Gasteiger partial charge in [0, 0.05) is 32.3 Å². The average Bonchev–Trinajstić information content (AvgIpc) is 2.96. The number of hydrogen-bond donors (Lipinski definition) is 1. The van der Waals surface area contributed by atoms with E-state index < -0.39 is 11.9 Å². The number of nitrogens with one attached hydrogen (secondary N) is 1. The normalized spacial score (nSPS) is 17.2.